The van der Waals surface area contributed by atoms with E-state index in [9.17, 15) is 0 Å². The molecule has 7 heteroatoms. The second kappa shape index (κ2) is 5.01. The Morgan fingerprint density at radius 2 is 2.11 bits per heavy atom. The summed E-state index contributed by atoms with van der Waals surface area (Å²) in [5.41, 5.74) is 0. The summed E-state index contributed by atoms with van der Waals surface area (Å²) < 4.78 is 0.898. The lowest BCUT2D eigenvalue weighted by molar-refractivity contribution is 0.486. The second-order valence-corrected chi connectivity index (χ2v) is 5.27. The topological polar surface area (TPSA) is 70.6 Å². The van der Waals surface area contributed by atoms with Crippen LogP contribution in [-0.4, -0.2) is 38.2 Å². The summed E-state index contributed by atoms with van der Waals surface area (Å²) in [6, 6.07) is 0. The van der Waals surface area contributed by atoms with Crippen molar-refractivity contribution in [2.45, 2.75) is 18.8 Å². The summed E-state index contributed by atoms with van der Waals surface area (Å²) in [5, 5.41) is 6.87. The maximum atomic E-state index is 4.34. The molecule has 0 unspecified atom stereocenters. The molecular formula is C11H13BrN6. The zero-order valence-electron chi connectivity index (χ0n) is 9.75. The molecule has 1 fully saturated rings. The van der Waals surface area contributed by atoms with Crippen LogP contribution < -0.4 is 4.90 Å². The molecule has 0 spiro atoms. The third-order valence-electron chi connectivity index (χ3n) is 3.13. The summed E-state index contributed by atoms with van der Waals surface area (Å²) in [7, 11) is 0. The van der Waals surface area contributed by atoms with Crippen LogP contribution in [0.2, 0.25) is 0 Å². The van der Waals surface area contributed by atoms with Crippen LogP contribution in [0.5, 0.6) is 0 Å². The average molecular weight is 309 g/mol. The first-order chi connectivity index (χ1) is 8.83. The van der Waals surface area contributed by atoms with Crippen LogP contribution in [-0.2, 0) is 0 Å². The van der Waals surface area contributed by atoms with E-state index in [1.165, 1.54) is 0 Å². The Morgan fingerprint density at radius 3 is 2.83 bits per heavy atom. The Labute approximate surface area is 113 Å². The van der Waals surface area contributed by atoms with Gasteiger partial charge in [0, 0.05) is 31.4 Å². The van der Waals surface area contributed by atoms with Gasteiger partial charge in [0.1, 0.15) is 12.2 Å². The van der Waals surface area contributed by atoms with E-state index in [0.29, 0.717) is 5.92 Å². The second-order valence-electron chi connectivity index (χ2n) is 4.36. The van der Waals surface area contributed by atoms with Gasteiger partial charge < -0.3 is 4.90 Å². The van der Waals surface area contributed by atoms with Crippen molar-refractivity contribution in [3.63, 3.8) is 0 Å². The van der Waals surface area contributed by atoms with Crippen LogP contribution >= 0.6 is 15.9 Å². The number of aromatic nitrogens is 5. The lowest BCUT2D eigenvalue weighted by Crippen LogP contribution is -2.35. The lowest BCUT2D eigenvalue weighted by atomic mass is 9.98. The highest BCUT2D eigenvalue weighted by Crippen LogP contribution is 2.26. The van der Waals surface area contributed by atoms with Gasteiger partial charge in [-0.2, -0.15) is 5.10 Å². The fraction of sp³-hybridized carbons (Fsp3) is 0.455. The molecule has 0 aliphatic carbocycles. The summed E-state index contributed by atoms with van der Waals surface area (Å²) in [4.78, 5) is 15.1. The summed E-state index contributed by atoms with van der Waals surface area (Å²) in [5.74, 6) is 2.12. The van der Waals surface area contributed by atoms with Gasteiger partial charge in [-0.1, -0.05) is 0 Å². The SMILES string of the molecule is Brc1cnc(N2CCC[C@H](c3ncn[nH]3)C2)nc1. The van der Waals surface area contributed by atoms with Crippen molar-refractivity contribution >= 4 is 21.9 Å². The van der Waals surface area contributed by atoms with Gasteiger partial charge in [0.05, 0.1) is 4.47 Å². The van der Waals surface area contributed by atoms with Crippen molar-refractivity contribution in [1.82, 2.24) is 25.1 Å². The van der Waals surface area contributed by atoms with Gasteiger partial charge in [0.15, 0.2) is 0 Å². The number of halogens is 1. The van der Waals surface area contributed by atoms with Gasteiger partial charge in [-0.15, -0.1) is 0 Å². The molecule has 0 radical (unpaired) electrons. The Balaban J connectivity index is 1.76. The van der Waals surface area contributed by atoms with Crippen LogP contribution in [0.4, 0.5) is 5.95 Å². The first kappa shape index (κ1) is 11.6. The highest BCUT2D eigenvalue weighted by Gasteiger charge is 2.24. The molecule has 1 aliphatic heterocycles. The molecule has 2 aromatic heterocycles. The smallest absolute Gasteiger partial charge is 0.225 e. The molecule has 3 rings (SSSR count). The van der Waals surface area contributed by atoms with Crippen molar-refractivity contribution in [2.75, 3.05) is 18.0 Å². The molecule has 1 aliphatic rings. The Morgan fingerprint density at radius 1 is 1.28 bits per heavy atom. The van der Waals surface area contributed by atoms with Crippen molar-refractivity contribution in [3.8, 4) is 0 Å². The van der Waals surface area contributed by atoms with E-state index in [1.807, 2.05) is 0 Å². The van der Waals surface area contributed by atoms with E-state index < -0.39 is 0 Å². The normalized spacial score (nSPS) is 20.1. The van der Waals surface area contributed by atoms with Gasteiger partial charge in [-0.05, 0) is 28.8 Å². The fourth-order valence-electron chi connectivity index (χ4n) is 2.26. The molecule has 18 heavy (non-hydrogen) atoms. The van der Waals surface area contributed by atoms with E-state index in [-0.39, 0.29) is 0 Å². The maximum Gasteiger partial charge on any atom is 0.225 e. The molecule has 0 aromatic carbocycles. The third kappa shape index (κ3) is 2.35. The molecule has 3 heterocycles. The summed E-state index contributed by atoms with van der Waals surface area (Å²) >= 11 is 3.35. The number of nitrogens with zero attached hydrogens (tertiary/aromatic N) is 5. The Hall–Kier alpha value is -1.50. The monoisotopic (exact) mass is 308 g/mol. The predicted molar refractivity (Wildman–Crippen MR) is 70.3 cm³/mol. The van der Waals surface area contributed by atoms with Gasteiger partial charge in [0.2, 0.25) is 5.95 Å². The number of H-pyrrole nitrogens is 1. The van der Waals surface area contributed by atoms with Gasteiger partial charge >= 0.3 is 0 Å². The van der Waals surface area contributed by atoms with Gasteiger partial charge in [-0.25, -0.2) is 15.0 Å². The quantitative estimate of drug-likeness (QED) is 0.915. The molecule has 0 saturated carbocycles. The van der Waals surface area contributed by atoms with Gasteiger partial charge in [0.25, 0.3) is 0 Å². The number of piperidine rings is 1. The number of aromatic amines is 1. The number of rotatable bonds is 2. The minimum atomic E-state index is 0.383. The lowest BCUT2D eigenvalue weighted by Gasteiger charge is -2.31. The number of nitrogens with one attached hydrogen (secondary N) is 1. The molecule has 94 valence electrons. The van der Waals surface area contributed by atoms with Crippen molar-refractivity contribution in [2.24, 2.45) is 0 Å². The molecule has 0 amide bonds. The Kier molecular flexibility index (Phi) is 3.22. The van der Waals surface area contributed by atoms with Crippen LogP contribution in [0.1, 0.15) is 24.6 Å². The molecular weight excluding hydrogens is 296 g/mol. The van der Waals surface area contributed by atoms with Crippen LogP contribution in [0.25, 0.3) is 0 Å². The van der Waals surface area contributed by atoms with Crippen LogP contribution in [0.15, 0.2) is 23.2 Å². The van der Waals surface area contributed by atoms with Crippen LogP contribution in [0, 0.1) is 0 Å². The first-order valence-electron chi connectivity index (χ1n) is 5.90. The summed E-state index contributed by atoms with van der Waals surface area (Å²) in [6.07, 6.45) is 7.36. The van der Waals surface area contributed by atoms with E-state index in [2.05, 4.69) is 46.0 Å². The molecule has 1 saturated heterocycles. The van der Waals surface area contributed by atoms with Gasteiger partial charge in [-0.3, -0.25) is 5.10 Å². The predicted octanol–water partition coefficient (Wildman–Crippen LogP) is 1.74. The molecule has 6 nitrogen and oxygen atoms in total. The van der Waals surface area contributed by atoms with E-state index in [1.54, 1.807) is 18.7 Å². The first-order valence-corrected chi connectivity index (χ1v) is 6.70. The molecule has 2 aromatic rings. The zero-order valence-corrected chi connectivity index (χ0v) is 11.3. The minimum Gasteiger partial charge on any atom is -0.340 e. The van der Waals surface area contributed by atoms with E-state index >= 15 is 0 Å². The van der Waals surface area contributed by atoms with E-state index in [0.717, 1.165) is 42.2 Å². The van der Waals surface area contributed by atoms with Crippen molar-refractivity contribution in [3.05, 3.63) is 29.0 Å². The maximum absolute atomic E-state index is 4.34. The number of hydrogen-bond acceptors (Lipinski definition) is 5. The van der Waals surface area contributed by atoms with Crippen molar-refractivity contribution in [1.29, 1.82) is 0 Å². The number of anilines is 1. The molecule has 1 atom stereocenters. The summed E-state index contributed by atoms with van der Waals surface area (Å²) in [6.45, 7) is 1.88. The standard InChI is InChI=1S/C11H13BrN6/c12-9-4-13-11(14-5-9)18-3-1-2-8(6-18)10-15-7-16-17-10/h4-5,7-8H,1-3,6H2,(H,15,16,17)/t8-/m0/s1. The third-order valence-corrected chi connectivity index (χ3v) is 3.54. The zero-order chi connectivity index (χ0) is 12.4. The number of hydrogen-bond donors (Lipinski definition) is 1. The average Bonchev–Trinajstić information content (AvgIpc) is 2.94. The highest BCUT2D eigenvalue weighted by atomic mass is 79.9. The molecule has 0 bridgehead atoms. The largest absolute Gasteiger partial charge is 0.340 e. The van der Waals surface area contributed by atoms with Crippen molar-refractivity contribution < 1.29 is 0 Å². The highest BCUT2D eigenvalue weighted by molar-refractivity contribution is 9.10. The van der Waals surface area contributed by atoms with Crippen LogP contribution in [0.3, 0.4) is 0 Å². The molecule has 1 N–H and O–H groups in total. The minimum absolute atomic E-state index is 0.383. The van der Waals surface area contributed by atoms with E-state index in [4.69, 9.17) is 0 Å². The fourth-order valence-corrected chi connectivity index (χ4v) is 2.47. The Bertz CT molecular complexity index is 497.